The fourth-order valence-electron chi connectivity index (χ4n) is 4.67. The summed E-state index contributed by atoms with van der Waals surface area (Å²) in [5.41, 5.74) is 6.49. The molecule has 4 heterocycles. The van der Waals surface area contributed by atoms with Crippen LogP contribution in [0.4, 0.5) is 11.6 Å². The SMILES string of the molecule is c1ccc2c(c1)nc(NCCCNCCCNc1nc3ccccc3n3cccc13)c1cccn12. The Morgan fingerprint density at radius 1 is 0.514 bits per heavy atom. The zero-order valence-corrected chi connectivity index (χ0v) is 19.6. The van der Waals surface area contributed by atoms with Gasteiger partial charge in [-0.2, -0.15) is 0 Å². The molecule has 0 unspecified atom stereocenters. The van der Waals surface area contributed by atoms with E-state index in [0.29, 0.717) is 0 Å². The van der Waals surface area contributed by atoms with E-state index in [1.54, 1.807) is 0 Å². The van der Waals surface area contributed by atoms with Crippen molar-refractivity contribution in [2.75, 3.05) is 36.8 Å². The van der Waals surface area contributed by atoms with Gasteiger partial charge in [0.15, 0.2) is 11.6 Å². The first-order valence-corrected chi connectivity index (χ1v) is 12.3. The van der Waals surface area contributed by atoms with Crippen LogP contribution in [-0.4, -0.2) is 44.9 Å². The standard InChI is InChI=1S/C28H29N7/c1-3-11-23-21(9-1)32-27(25-13-5-19-34(23)25)30-17-7-15-29-16-8-18-31-28-26-14-6-20-35(26)24-12-4-2-10-22(24)33-28/h1-6,9-14,19-20,29H,7-8,15-18H2,(H,30,32)(H,31,33). The van der Waals surface area contributed by atoms with Crippen LogP contribution in [-0.2, 0) is 0 Å². The van der Waals surface area contributed by atoms with Crippen LogP contribution in [0.3, 0.4) is 0 Å². The molecule has 0 aliphatic heterocycles. The van der Waals surface area contributed by atoms with Crippen LogP contribution in [0.25, 0.3) is 33.1 Å². The van der Waals surface area contributed by atoms with Crippen molar-refractivity contribution in [3.63, 3.8) is 0 Å². The first kappa shape index (κ1) is 21.4. The number of fused-ring (bicyclic) bond motifs is 6. The third kappa shape index (κ3) is 4.26. The Hall–Kier alpha value is -4.10. The normalized spacial score (nSPS) is 11.7. The van der Waals surface area contributed by atoms with E-state index in [2.05, 4.69) is 97.8 Å². The summed E-state index contributed by atoms with van der Waals surface area (Å²) in [7, 11) is 0. The number of nitrogens with one attached hydrogen (secondary N) is 3. The summed E-state index contributed by atoms with van der Waals surface area (Å²) in [6.07, 6.45) is 6.25. The molecule has 0 bridgehead atoms. The molecule has 0 aliphatic carbocycles. The molecule has 6 aromatic rings. The second-order valence-electron chi connectivity index (χ2n) is 8.74. The lowest BCUT2D eigenvalue weighted by Crippen LogP contribution is -2.21. The van der Waals surface area contributed by atoms with Gasteiger partial charge in [-0.25, -0.2) is 9.97 Å². The van der Waals surface area contributed by atoms with E-state index in [9.17, 15) is 0 Å². The Bertz CT molecular complexity index is 1480. The molecule has 0 spiro atoms. The Balaban J connectivity index is 0.959. The van der Waals surface area contributed by atoms with Crippen molar-refractivity contribution in [2.45, 2.75) is 12.8 Å². The van der Waals surface area contributed by atoms with Gasteiger partial charge >= 0.3 is 0 Å². The van der Waals surface area contributed by atoms with E-state index in [-0.39, 0.29) is 0 Å². The van der Waals surface area contributed by atoms with E-state index in [1.807, 2.05) is 12.1 Å². The van der Waals surface area contributed by atoms with Crippen LogP contribution in [0.1, 0.15) is 12.8 Å². The predicted molar refractivity (Wildman–Crippen MR) is 144 cm³/mol. The molecule has 176 valence electrons. The largest absolute Gasteiger partial charge is 0.368 e. The minimum Gasteiger partial charge on any atom is -0.368 e. The number of aromatic nitrogens is 4. The topological polar surface area (TPSA) is 70.7 Å². The van der Waals surface area contributed by atoms with Crippen LogP contribution in [0.2, 0.25) is 0 Å². The average Bonchev–Trinajstić information content (AvgIpc) is 3.58. The van der Waals surface area contributed by atoms with Crippen LogP contribution in [0.15, 0.2) is 85.2 Å². The first-order valence-electron chi connectivity index (χ1n) is 12.3. The number of para-hydroxylation sites is 4. The van der Waals surface area contributed by atoms with Gasteiger partial charge in [0.2, 0.25) is 0 Å². The average molecular weight is 464 g/mol. The lowest BCUT2D eigenvalue weighted by molar-refractivity contribution is 0.642. The molecule has 35 heavy (non-hydrogen) atoms. The second-order valence-corrected chi connectivity index (χ2v) is 8.74. The number of hydrogen-bond donors (Lipinski definition) is 3. The summed E-state index contributed by atoms with van der Waals surface area (Å²) in [5, 5.41) is 10.6. The van der Waals surface area contributed by atoms with Gasteiger partial charge in [0.25, 0.3) is 0 Å². The summed E-state index contributed by atoms with van der Waals surface area (Å²) in [5.74, 6) is 1.88. The maximum Gasteiger partial charge on any atom is 0.151 e. The van der Waals surface area contributed by atoms with Crippen molar-refractivity contribution in [3.05, 3.63) is 85.2 Å². The van der Waals surface area contributed by atoms with Gasteiger partial charge in [-0.05, 0) is 74.5 Å². The molecule has 0 atom stereocenters. The summed E-state index contributed by atoms with van der Waals surface area (Å²) in [4.78, 5) is 9.66. The van der Waals surface area contributed by atoms with E-state index in [4.69, 9.17) is 9.97 Å². The number of benzene rings is 2. The molecule has 4 aromatic heterocycles. The van der Waals surface area contributed by atoms with Crippen molar-refractivity contribution < 1.29 is 0 Å². The number of anilines is 2. The second kappa shape index (κ2) is 9.64. The highest BCUT2D eigenvalue weighted by molar-refractivity contribution is 5.85. The number of nitrogens with zero attached hydrogens (tertiary/aromatic N) is 4. The van der Waals surface area contributed by atoms with Crippen LogP contribution in [0, 0.1) is 0 Å². The molecular formula is C28H29N7. The third-order valence-electron chi connectivity index (χ3n) is 6.38. The molecule has 0 radical (unpaired) electrons. The predicted octanol–water partition coefficient (Wildman–Crippen LogP) is 5.18. The Morgan fingerprint density at radius 3 is 1.49 bits per heavy atom. The zero-order chi connectivity index (χ0) is 23.5. The molecule has 6 rings (SSSR count). The van der Waals surface area contributed by atoms with Gasteiger partial charge in [-0.3, -0.25) is 0 Å². The Labute approximate surface area is 203 Å². The van der Waals surface area contributed by atoms with Gasteiger partial charge in [0, 0.05) is 25.5 Å². The molecule has 0 fully saturated rings. The molecule has 0 aliphatic rings. The first-order chi connectivity index (χ1) is 17.4. The van der Waals surface area contributed by atoms with E-state index in [1.165, 1.54) is 0 Å². The molecule has 0 saturated heterocycles. The molecule has 7 heteroatoms. The van der Waals surface area contributed by atoms with E-state index < -0.39 is 0 Å². The van der Waals surface area contributed by atoms with Gasteiger partial charge in [0.1, 0.15) is 0 Å². The Kier molecular flexibility index (Phi) is 5.90. The van der Waals surface area contributed by atoms with Crippen molar-refractivity contribution in [1.82, 2.24) is 24.1 Å². The maximum atomic E-state index is 4.83. The molecule has 0 saturated carbocycles. The summed E-state index contributed by atoms with van der Waals surface area (Å²) >= 11 is 0. The van der Waals surface area contributed by atoms with Crippen LogP contribution in [0.5, 0.6) is 0 Å². The fourth-order valence-corrected chi connectivity index (χ4v) is 4.67. The smallest absolute Gasteiger partial charge is 0.151 e. The third-order valence-corrected chi connectivity index (χ3v) is 6.38. The fraction of sp³-hybridized carbons (Fsp3) is 0.214. The minimum absolute atomic E-state index is 0.880. The van der Waals surface area contributed by atoms with Crippen LogP contribution >= 0.6 is 0 Å². The highest BCUT2D eigenvalue weighted by Crippen LogP contribution is 2.23. The summed E-state index contributed by atoms with van der Waals surface area (Å²) < 4.78 is 4.39. The maximum absolute atomic E-state index is 4.83. The molecule has 0 amide bonds. The molecular weight excluding hydrogens is 434 g/mol. The Morgan fingerprint density at radius 2 is 0.971 bits per heavy atom. The van der Waals surface area contributed by atoms with E-state index >= 15 is 0 Å². The van der Waals surface area contributed by atoms with Crippen molar-refractivity contribution in [2.24, 2.45) is 0 Å². The number of hydrogen-bond acceptors (Lipinski definition) is 5. The lowest BCUT2D eigenvalue weighted by atomic mass is 10.3. The summed E-state index contributed by atoms with van der Waals surface area (Å²) in [6.45, 7) is 3.69. The van der Waals surface area contributed by atoms with Gasteiger partial charge in [0.05, 0.1) is 33.1 Å². The van der Waals surface area contributed by atoms with Gasteiger partial charge < -0.3 is 24.8 Å². The summed E-state index contributed by atoms with van der Waals surface area (Å²) in [6, 6.07) is 24.9. The zero-order valence-electron chi connectivity index (χ0n) is 19.6. The van der Waals surface area contributed by atoms with Crippen molar-refractivity contribution >= 4 is 44.7 Å². The highest BCUT2D eigenvalue weighted by atomic mass is 15.1. The van der Waals surface area contributed by atoms with Gasteiger partial charge in [-0.15, -0.1) is 0 Å². The number of rotatable bonds is 10. The van der Waals surface area contributed by atoms with Crippen LogP contribution < -0.4 is 16.0 Å². The molecule has 3 N–H and O–H groups in total. The minimum atomic E-state index is 0.880. The van der Waals surface area contributed by atoms with Gasteiger partial charge in [-0.1, -0.05) is 24.3 Å². The molecule has 2 aromatic carbocycles. The highest BCUT2D eigenvalue weighted by Gasteiger charge is 2.08. The van der Waals surface area contributed by atoms with Crippen molar-refractivity contribution in [1.29, 1.82) is 0 Å². The quantitative estimate of drug-likeness (QED) is 0.244. The van der Waals surface area contributed by atoms with Crippen molar-refractivity contribution in [3.8, 4) is 0 Å². The molecule has 7 nitrogen and oxygen atoms in total. The monoisotopic (exact) mass is 463 g/mol. The van der Waals surface area contributed by atoms with E-state index in [0.717, 1.165) is 83.8 Å². The lowest BCUT2D eigenvalue weighted by Gasteiger charge is -2.12.